The smallest absolute Gasteiger partial charge is 0.297 e. The Balaban J connectivity index is 0.00000112. The van der Waals surface area contributed by atoms with E-state index in [1.807, 2.05) is 6.07 Å². The van der Waals surface area contributed by atoms with Crippen LogP contribution in [0, 0.1) is 0 Å². The fraction of sp³-hybridized carbons (Fsp3) is 0.364. The van der Waals surface area contributed by atoms with Crippen LogP contribution in [0.15, 0.2) is 24.3 Å². The Morgan fingerprint density at radius 3 is 2.73 bits per heavy atom. The van der Waals surface area contributed by atoms with E-state index in [0.29, 0.717) is 0 Å². The normalized spacial score (nSPS) is 10.3. The maximum atomic E-state index is 6.27. The van der Waals surface area contributed by atoms with Crippen molar-refractivity contribution in [2.24, 2.45) is 0 Å². The van der Waals surface area contributed by atoms with Gasteiger partial charge in [-0.05, 0) is 23.7 Å². The Morgan fingerprint density at radius 2 is 2.07 bits per heavy atom. The van der Waals surface area contributed by atoms with Gasteiger partial charge in [0.05, 0.1) is 5.39 Å². The molecule has 0 radical (unpaired) electrons. The highest BCUT2D eigenvalue weighted by molar-refractivity contribution is 7.09. The standard InChI is InChI=1S/C11H13ClNS.ClH/c1-2-3-8-13-11(12)9-6-4-5-7-10(9)14-13;/h4-7H,2-3,8H2,1H3;1H/q+1;/p-1. The van der Waals surface area contributed by atoms with E-state index in [-0.39, 0.29) is 12.4 Å². The van der Waals surface area contributed by atoms with Crippen molar-refractivity contribution >= 4 is 33.2 Å². The number of aromatic nitrogens is 1. The average Bonchev–Trinajstić information content (AvgIpc) is 2.54. The molecule has 0 fully saturated rings. The van der Waals surface area contributed by atoms with Crippen LogP contribution < -0.4 is 16.4 Å². The molecule has 0 bridgehead atoms. The topological polar surface area (TPSA) is 3.88 Å². The van der Waals surface area contributed by atoms with E-state index >= 15 is 0 Å². The molecule has 0 unspecified atom stereocenters. The van der Waals surface area contributed by atoms with Crippen molar-refractivity contribution in [3.8, 4) is 0 Å². The summed E-state index contributed by atoms with van der Waals surface area (Å²) >= 11 is 8.01. The van der Waals surface area contributed by atoms with E-state index in [1.165, 1.54) is 22.9 Å². The molecular formula is C11H13Cl2NS. The van der Waals surface area contributed by atoms with E-state index < -0.39 is 0 Å². The minimum Gasteiger partial charge on any atom is -1.00 e. The van der Waals surface area contributed by atoms with Gasteiger partial charge >= 0.3 is 0 Å². The van der Waals surface area contributed by atoms with E-state index in [2.05, 4.69) is 29.1 Å². The largest absolute Gasteiger partial charge is 1.00 e. The van der Waals surface area contributed by atoms with Crippen molar-refractivity contribution in [3.05, 3.63) is 29.4 Å². The van der Waals surface area contributed by atoms with Crippen LogP contribution in [0.25, 0.3) is 10.1 Å². The lowest BCUT2D eigenvalue weighted by Gasteiger charge is -1.88. The summed E-state index contributed by atoms with van der Waals surface area (Å²) in [5, 5.41) is 2.06. The Hall–Kier alpha value is -0.310. The number of benzene rings is 1. The van der Waals surface area contributed by atoms with Crippen LogP contribution in [0.1, 0.15) is 19.8 Å². The van der Waals surface area contributed by atoms with Gasteiger partial charge in [0.1, 0.15) is 16.2 Å². The molecule has 1 aromatic carbocycles. The molecule has 1 nitrogen and oxygen atoms in total. The molecule has 0 saturated carbocycles. The lowest BCUT2D eigenvalue weighted by molar-refractivity contribution is -0.626. The first-order chi connectivity index (χ1) is 6.83. The number of fused-ring (bicyclic) bond motifs is 1. The van der Waals surface area contributed by atoms with Crippen molar-refractivity contribution in [2.45, 2.75) is 26.3 Å². The number of rotatable bonds is 3. The minimum atomic E-state index is 0. The van der Waals surface area contributed by atoms with E-state index in [9.17, 15) is 0 Å². The van der Waals surface area contributed by atoms with Crippen LogP contribution in [-0.4, -0.2) is 0 Å². The molecule has 1 heterocycles. The predicted octanol–water partition coefficient (Wildman–Crippen LogP) is 0.646. The van der Waals surface area contributed by atoms with Crippen LogP contribution in [-0.2, 0) is 6.54 Å². The zero-order valence-electron chi connectivity index (χ0n) is 8.54. The fourth-order valence-electron chi connectivity index (χ4n) is 1.46. The third kappa shape index (κ3) is 2.63. The molecule has 0 saturated heterocycles. The summed E-state index contributed by atoms with van der Waals surface area (Å²) in [6.07, 6.45) is 2.40. The van der Waals surface area contributed by atoms with Crippen LogP contribution in [0.3, 0.4) is 0 Å². The molecule has 1 aromatic heterocycles. The molecule has 2 aromatic rings. The molecule has 0 amide bonds. The quantitative estimate of drug-likeness (QED) is 0.715. The molecular weight excluding hydrogens is 249 g/mol. The van der Waals surface area contributed by atoms with Gasteiger partial charge in [0, 0.05) is 6.42 Å². The second kappa shape index (κ2) is 5.69. The first kappa shape index (κ1) is 12.8. The molecule has 82 valence electrons. The van der Waals surface area contributed by atoms with Crippen molar-refractivity contribution in [2.75, 3.05) is 0 Å². The van der Waals surface area contributed by atoms with Crippen molar-refractivity contribution in [1.82, 2.24) is 0 Å². The fourth-order valence-corrected chi connectivity index (χ4v) is 2.90. The highest BCUT2D eigenvalue weighted by Gasteiger charge is 2.16. The Morgan fingerprint density at radius 1 is 1.33 bits per heavy atom. The van der Waals surface area contributed by atoms with Gasteiger partial charge < -0.3 is 12.4 Å². The number of hydrogen-bond acceptors (Lipinski definition) is 1. The van der Waals surface area contributed by atoms with Gasteiger partial charge in [-0.25, -0.2) is 0 Å². The summed E-state index contributed by atoms with van der Waals surface area (Å²) < 4.78 is 3.45. The summed E-state index contributed by atoms with van der Waals surface area (Å²) in [6, 6.07) is 8.29. The molecule has 15 heavy (non-hydrogen) atoms. The molecule has 0 aliphatic heterocycles. The number of unbranched alkanes of at least 4 members (excludes halogenated alkanes) is 1. The SMILES string of the molecule is CCCC[n+]1sc2ccccc2c1Cl.[Cl-]. The van der Waals surface area contributed by atoms with Crippen molar-refractivity contribution < 1.29 is 16.4 Å². The number of nitrogens with zero attached hydrogens (tertiary/aromatic N) is 1. The number of hydrogen-bond donors (Lipinski definition) is 0. The van der Waals surface area contributed by atoms with Gasteiger partial charge in [-0.15, -0.1) is 3.96 Å². The monoisotopic (exact) mass is 261 g/mol. The maximum absolute atomic E-state index is 6.27. The van der Waals surface area contributed by atoms with Crippen LogP contribution >= 0.6 is 23.1 Å². The molecule has 0 aliphatic carbocycles. The van der Waals surface area contributed by atoms with E-state index in [1.54, 1.807) is 11.5 Å². The zero-order valence-corrected chi connectivity index (χ0v) is 10.9. The predicted molar refractivity (Wildman–Crippen MR) is 61.9 cm³/mol. The Labute approximate surface area is 105 Å². The van der Waals surface area contributed by atoms with Gasteiger partial charge in [0.25, 0.3) is 5.15 Å². The summed E-state index contributed by atoms with van der Waals surface area (Å²) in [5.74, 6) is 0. The van der Waals surface area contributed by atoms with Gasteiger partial charge in [-0.2, -0.15) is 0 Å². The number of aryl methyl sites for hydroxylation is 1. The van der Waals surface area contributed by atoms with Gasteiger partial charge in [0.2, 0.25) is 0 Å². The second-order valence-electron chi connectivity index (χ2n) is 3.33. The first-order valence-electron chi connectivity index (χ1n) is 4.90. The average molecular weight is 262 g/mol. The summed E-state index contributed by atoms with van der Waals surface area (Å²) in [5.41, 5.74) is 0. The molecule has 0 spiro atoms. The lowest BCUT2D eigenvalue weighted by atomic mass is 10.3. The maximum Gasteiger partial charge on any atom is 0.297 e. The highest BCUT2D eigenvalue weighted by Crippen LogP contribution is 2.24. The second-order valence-corrected chi connectivity index (χ2v) is 4.76. The molecule has 4 heteroatoms. The summed E-state index contributed by atoms with van der Waals surface area (Å²) in [7, 11) is 0. The zero-order chi connectivity index (χ0) is 9.97. The van der Waals surface area contributed by atoms with Crippen molar-refractivity contribution in [3.63, 3.8) is 0 Å². The molecule has 0 N–H and O–H groups in total. The third-order valence-electron chi connectivity index (χ3n) is 2.25. The van der Waals surface area contributed by atoms with Gasteiger partial charge in [-0.1, -0.05) is 25.5 Å². The minimum absolute atomic E-state index is 0. The van der Waals surface area contributed by atoms with E-state index in [4.69, 9.17) is 11.6 Å². The number of halogens is 2. The molecule has 0 aliphatic rings. The lowest BCUT2D eigenvalue weighted by Crippen LogP contribution is -3.00. The van der Waals surface area contributed by atoms with Gasteiger partial charge in [0.15, 0.2) is 6.54 Å². The van der Waals surface area contributed by atoms with E-state index in [0.717, 1.165) is 11.7 Å². The molecule has 2 rings (SSSR count). The third-order valence-corrected chi connectivity index (χ3v) is 3.90. The first-order valence-corrected chi connectivity index (χ1v) is 6.05. The van der Waals surface area contributed by atoms with Crippen LogP contribution in [0.2, 0.25) is 5.15 Å². The Kier molecular flexibility index (Phi) is 4.84. The van der Waals surface area contributed by atoms with Crippen LogP contribution in [0.4, 0.5) is 0 Å². The Bertz CT molecular complexity index is 439. The summed E-state index contributed by atoms with van der Waals surface area (Å²) in [6.45, 7) is 3.23. The van der Waals surface area contributed by atoms with Crippen molar-refractivity contribution in [1.29, 1.82) is 0 Å². The molecule has 0 atom stereocenters. The van der Waals surface area contributed by atoms with Gasteiger partial charge in [-0.3, -0.25) is 0 Å². The highest BCUT2D eigenvalue weighted by atomic mass is 35.5. The van der Waals surface area contributed by atoms with Crippen LogP contribution in [0.5, 0.6) is 0 Å². The summed E-state index contributed by atoms with van der Waals surface area (Å²) in [4.78, 5) is 0.